The van der Waals surface area contributed by atoms with Crippen LogP contribution in [0.25, 0.3) is 10.8 Å². The number of amides is 1. The zero-order chi connectivity index (χ0) is 18.2. The number of hydrogen-bond donors (Lipinski definition) is 1. The highest BCUT2D eigenvalue weighted by atomic mass is 16.5. The first kappa shape index (κ1) is 18.6. The molecule has 0 aliphatic rings. The molecule has 1 N–H and O–H groups in total. The summed E-state index contributed by atoms with van der Waals surface area (Å²) in [6.45, 7) is 2.57. The van der Waals surface area contributed by atoms with E-state index in [0.29, 0.717) is 36.9 Å². The second-order valence-electron chi connectivity index (χ2n) is 5.34. The molecule has 0 aliphatic heterocycles. The van der Waals surface area contributed by atoms with Crippen molar-refractivity contribution in [1.29, 1.82) is 0 Å². The van der Waals surface area contributed by atoms with Gasteiger partial charge in [-0.1, -0.05) is 25.1 Å². The third-order valence-electron chi connectivity index (χ3n) is 3.46. The smallest absolute Gasteiger partial charge is 0.359 e. The van der Waals surface area contributed by atoms with Crippen molar-refractivity contribution in [2.45, 2.75) is 19.9 Å². The van der Waals surface area contributed by atoms with Crippen molar-refractivity contribution in [3.05, 3.63) is 40.3 Å². The van der Waals surface area contributed by atoms with Crippen LogP contribution >= 0.6 is 0 Å². The lowest BCUT2D eigenvalue weighted by atomic mass is 10.1. The minimum absolute atomic E-state index is 0.0216. The third kappa shape index (κ3) is 4.63. The molecule has 2 aromatic rings. The van der Waals surface area contributed by atoms with E-state index in [9.17, 15) is 14.4 Å². The number of fused-ring (bicyclic) bond motifs is 1. The van der Waals surface area contributed by atoms with Gasteiger partial charge in [-0.15, -0.1) is 0 Å². The fraction of sp³-hybridized carbons (Fsp3) is 0.412. The third-order valence-corrected chi connectivity index (χ3v) is 3.46. The molecule has 1 aromatic carbocycles. The molecule has 8 heteroatoms. The Balaban J connectivity index is 2.21. The maximum atomic E-state index is 12.4. The van der Waals surface area contributed by atoms with Gasteiger partial charge in [-0.3, -0.25) is 9.59 Å². The number of nitrogens with zero attached hydrogens (tertiary/aromatic N) is 2. The largest absolute Gasteiger partial charge is 0.451 e. The van der Waals surface area contributed by atoms with E-state index in [1.54, 1.807) is 24.3 Å². The minimum Gasteiger partial charge on any atom is -0.451 e. The Morgan fingerprint density at radius 2 is 1.96 bits per heavy atom. The van der Waals surface area contributed by atoms with Crippen LogP contribution in [0.5, 0.6) is 0 Å². The van der Waals surface area contributed by atoms with Crippen LogP contribution < -0.4 is 10.9 Å². The molecule has 0 atom stereocenters. The number of carbonyl (C=O) groups excluding carboxylic acids is 2. The van der Waals surface area contributed by atoms with Crippen LogP contribution in [-0.4, -0.2) is 48.5 Å². The second-order valence-corrected chi connectivity index (χ2v) is 5.34. The lowest BCUT2D eigenvalue weighted by Gasteiger charge is -2.10. The van der Waals surface area contributed by atoms with Gasteiger partial charge in [0, 0.05) is 25.6 Å². The van der Waals surface area contributed by atoms with E-state index >= 15 is 0 Å². The molecule has 0 bridgehead atoms. The summed E-state index contributed by atoms with van der Waals surface area (Å²) >= 11 is 0. The molecule has 0 fully saturated rings. The van der Waals surface area contributed by atoms with Gasteiger partial charge in [-0.05, 0) is 12.5 Å². The number of hydrogen-bond acceptors (Lipinski definition) is 6. The summed E-state index contributed by atoms with van der Waals surface area (Å²) in [4.78, 5) is 36.4. The molecule has 134 valence electrons. The molecule has 1 heterocycles. The maximum Gasteiger partial charge on any atom is 0.359 e. The van der Waals surface area contributed by atoms with E-state index < -0.39 is 18.5 Å². The van der Waals surface area contributed by atoms with Crippen molar-refractivity contribution in [1.82, 2.24) is 15.1 Å². The van der Waals surface area contributed by atoms with Crippen LogP contribution in [-0.2, 0) is 20.8 Å². The molecule has 0 aliphatic carbocycles. The zero-order valence-electron chi connectivity index (χ0n) is 14.3. The van der Waals surface area contributed by atoms with E-state index in [0.717, 1.165) is 0 Å². The van der Waals surface area contributed by atoms with Crippen molar-refractivity contribution in [3.63, 3.8) is 0 Å². The number of nitrogens with one attached hydrogen (secondary N) is 1. The Bertz CT molecular complexity index is 816. The van der Waals surface area contributed by atoms with Gasteiger partial charge in [0.05, 0.1) is 12.0 Å². The molecule has 0 unspecified atom stereocenters. The Kier molecular flexibility index (Phi) is 6.64. The summed E-state index contributed by atoms with van der Waals surface area (Å²) < 4.78 is 11.1. The fourth-order valence-corrected chi connectivity index (χ4v) is 2.29. The lowest BCUT2D eigenvalue weighted by molar-refractivity contribution is -0.124. The molecular formula is C17H21N3O5. The number of methoxy groups -OCH3 is 1. The van der Waals surface area contributed by atoms with Gasteiger partial charge in [0.1, 0.15) is 0 Å². The Morgan fingerprint density at radius 1 is 1.24 bits per heavy atom. The number of rotatable bonds is 8. The van der Waals surface area contributed by atoms with Crippen molar-refractivity contribution in [2.24, 2.45) is 0 Å². The Labute approximate surface area is 144 Å². The van der Waals surface area contributed by atoms with Gasteiger partial charge in [-0.25, -0.2) is 9.48 Å². The van der Waals surface area contributed by atoms with Gasteiger partial charge in [0.2, 0.25) is 0 Å². The summed E-state index contributed by atoms with van der Waals surface area (Å²) in [5, 5.41) is 7.47. The first-order chi connectivity index (χ1) is 12.1. The monoisotopic (exact) mass is 347 g/mol. The summed E-state index contributed by atoms with van der Waals surface area (Å²) in [5.41, 5.74) is -0.236. The van der Waals surface area contributed by atoms with Gasteiger partial charge < -0.3 is 14.8 Å². The van der Waals surface area contributed by atoms with E-state index in [4.69, 9.17) is 9.47 Å². The Morgan fingerprint density at radius 3 is 2.64 bits per heavy atom. The molecule has 8 nitrogen and oxygen atoms in total. The quantitative estimate of drug-likeness (QED) is 0.558. The molecule has 0 saturated carbocycles. The Hall–Kier alpha value is -2.74. The van der Waals surface area contributed by atoms with Crippen LogP contribution in [0.3, 0.4) is 0 Å². The second kappa shape index (κ2) is 8.93. The predicted octanol–water partition coefficient (Wildman–Crippen LogP) is 0.726. The molecule has 2 rings (SSSR count). The molecule has 25 heavy (non-hydrogen) atoms. The summed E-state index contributed by atoms with van der Waals surface area (Å²) in [5.74, 6) is -1.18. The molecule has 0 saturated heterocycles. The molecule has 0 spiro atoms. The summed E-state index contributed by atoms with van der Waals surface area (Å²) in [7, 11) is 1.52. The SMILES string of the molecule is CCCn1nc(C(=O)OCC(=O)NCCOC)c2ccccc2c1=O. The first-order valence-electron chi connectivity index (χ1n) is 8.01. The lowest BCUT2D eigenvalue weighted by Crippen LogP contribution is -2.32. The summed E-state index contributed by atoms with van der Waals surface area (Å²) in [6.07, 6.45) is 0.696. The molecule has 0 radical (unpaired) electrons. The first-order valence-corrected chi connectivity index (χ1v) is 8.01. The average molecular weight is 347 g/mol. The number of esters is 1. The number of aromatic nitrogens is 2. The number of benzene rings is 1. The minimum atomic E-state index is -0.747. The highest BCUT2D eigenvalue weighted by Crippen LogP contribution is 2.14. The van der Waals surface area contributed by atoms with Crippen molar-refractivity contribution >= 4 is 22.6 Å². The van der Waals surface area contributed by atoms with Crippen molar-refractivity contribution < 1.29 is 19.1 Å². The molecule has 1 aromatic heterocycles. The normalized spacial score (nSPS) is 10.6. The maximum absolute atomic E-state index is 12.4. The standard InChI is InChI=1S/C17H21N3O5/c1-3-9-20-16(22)13-7-5-4-6-12(13)15(19-20)17(23)25-11-14(21)18-8-10-24-2/h4-7H,3,8-11H2,1-2H3,(H,18,21). The number of aryl methyl sites for hydroxylation is 1. The van der Waals surface area contributed by atoms with E-state index in [-0.39, 0.29) is 11.3 Å². The zero-order valence-corrected chi connectivity index (χ0v) is 14.3. The van der Waals surface area contributed by atoms with Gasteiger partial charge in [0.25, 0.3) is 11.5 Å². The van der Waals surface area contributed by atoms with E-state index in [2.05, 4.69) is 10.4 Å². The average Bonchev–Trinajstić information content (AvgIpc) is 2.62. The summed E-state index contributed by atoms with van der Waals surface area (Å²) in [6, 6.07) is 6.70. The van der Waals surface area contributed by atoms with Crippen LogP contribution in [0.1, 0.15) is 23.8 Å². The number of ether oxygens (including phenoxy) is 2. The predicted molar refractivity (Wildman–Crippen MR) is 91.5 cm³/mol. The highest BCUT2D eigenvalue weighted by molar-refractivity contribution is 6.02. The van der Waals surface area contributed by atoms with Gasteiger partial charge >= 0.3 is 5.97 Å². The topological polar surface area (TPSA) is 99.5 Å². The van der Waals surface area contributed by atoms with Crippen molar-refractivity contribution in [2.75, 3.05) is 26.9 Å². The van der Waals surface area contributed by atoms with Crippen LogP contribution in [0.2, 0.25) is 0 Å². The van der Waals surface area contributed by atoms with Crippen molar-refractivity contribution in [3.8, 4) is 0 Å². The van der Waals surface area contributed by atoms with E-state index in [1.807, 2.05) is 6.92 Å². The van der Waals surface area contributed by atoms with Crippen LogP contribution in [0.4, 0.5) is 0 Å². The molecular weight excluding hydrogens is 326 g/mol. The number of carbonyl (C=O) groups is 2. The van der Waals surface area contributed by atoms with Crippen LogP contribution in [0.15, 0.2) is 29.1 Å². The highest BCUT2D eigenvalue weighted by Gasteiger charge is 2.18. The van der Waals surface area contributed by atoms with E-state index in [1.165, 1.54) is 11.8 Å². The fourth-order valence-electron chi connectivity index (χ4n) is 2.29. The van der Waals surface area contributed by atoms with Gasteiger partial charge in [0.15, 0.2) is 12.3 Å². The van der Waals surface area contributed by atoms with Crippen LogP contribution in [0, 0.1) is 0 Å². The van der Waals surface area contributed by atoms with Gasteiger partial charge in [-0.2, -0.15) is 5.10 Å². The molecule has 1 amide bonds.